The van der Waals surface area contributed by atoms with Crippen LogP contribution >= 0.6 is 11.6 Å². The minimum Gasteiger partial charge on any atom is -0.367 e. The quantitative estimate of drug-likeness (QED) is 0.563. The lowest BCUT2D eigenvalue weighted by Crippen LogP contribution is -2.51. The van der Waals surface area contributed by atoms with Crippen LogP contribution in [0.4, 0.5) is 17.1 Å². The predicted octanol–water partition coefficient (Wildman–Crippen LogP) is 4.20. The van der Waals surface area contributed by atoms with E-state index in [-0.39, 0.29) is 17.5 Å². The van der Waals surface area contributed by atoms with Crippen LogP contribution in [0.25, 0.3) is 0 Å². The Morgan fingerprint density at radius 3 is 2.16 bits per heavy atom. The highest BCUT2D eigenvalue weighted by Gasteiger charge is 2.30. The summed E-state index contributed by atoms with van der Waals surface area (Å²) in [4.78, 5) is 39.1. The van der Waals surface area contributed by atoms with E-state index in [0.717, 1.165) is 5.69 Å². The van der Waals surface area contributed by atoms with Crippen molar-refractivity contribution < 1.29 is 14.5 Å². The highest BCUT2D eigenvalue weighted by molar-refractivity contribution is 6.33. The van der Waals surface area contributed by atoms with Crippen LogP contribution in [0.1, 0.15) is 31.1 Å². The van der Waals surface area contributed by atoms with Gasteiger partial charge in [0, 0.05) is 55.0 Å². The van der Waals surface area contributed by atoms with E-state index >= 15 is 0 Å². The van der Waals surface area contributed by atoms with Crippen molar-refractivity contribution in [1.29, 1.82) is 0 Å². The number of nitro benzene ring substituents is 1. The van der Waals surface area contributed by atoms with Gasteiger partial charge in [0.1, 0.15) is 0 Å². The molecule has 0 aliphatic carbocycles. The molecule has 8 nitrogen and oxygen atoms in total. The molecular weight excluding hydrogens is 420 g/mol. The molecular formula is C22H25ClN4O4. The summed E-state index contributed by atoms with van der Waals surface area (Å²) in [5.41, 5.74) is 1.21. The maximum Gasteiger partial charge on any atom is 0.269 e. The summed E-state index contributed by atoms with van der Waals surface area (Å²) in [6.45, 7) is 8.37. The van der Waals surface area contributed by atoms with Gasteiger partial charge in [0.15, 0.2) is 0 Å². The Kier molecular flexibility index (Phi) is 6.50. The standard InChI is InChI=1S/C22H25ClN4O4/c1-22(2,3)21(29)26-12-10-25(11-13-26)19-9-6-16(14-18(19)23)24-20(28)15-4-7-17(8-5-15)27(30)31/h4-9,14H,10-13H2,1-3H3,(H,24,28). The lowest BCUT2D eigenvalue weighted by atomic mass is 9.94. The first-order chi connectivity index (χ1) is 14.6. The molecule has 0 aromatic heterocycles. The van der Waals surface area contributed by atoms with Crippen LogP contribution in [0.3, 0.4) is 0 Å². The lowest BCUT2D eigenvalue weighted by molar-refractivity contribution is -0.384. The summed E-state index contributed by atoms with van der Waals surface area (Å²) in [5.74, 6) is -0.240. The Morgan fingerprint density at radius 1 is 1.03 bits per heavy atom. The van der Waals surface area contributed by atoms with Gasteiger partial charge in [0.25, 0.3) is 11.6 Å². The average molecular weight is 445 g/mol. The number of nitrogens with one attached hydrogen (secondary N) is 1. The molecule has 0 saturated carbocycles. The average Bonchev–Trinajstić information content (AvgIpc) is 2.73. The van der Waals surface area contributed by atoms with Gasteiger partial charge in [-0.25, -0.2) is 0 Å². The van der Waals surface area contributed by atoms with Crippen molar-refractivity contribution in [2.45, 2.75) is 20.8 Å². The third-order valence-electron chi connectivity index (χ3n) is 5.10. The van der Waals surface area contributed by atoms with Crippen molar-refractivity contribution in [2.24, 2.45) is 5.41 Å². The number of carbonyl (C=O) groups excluding carboxylic acids is 2. The summed E-state index contributed by atoms with van der Waals surface area (Å²) in [7, 11) is 0. The molecule has 2 aromatic carbocycles. The van der Waals surface area contributed by atoms with Gasteiger partial charge in [-0.1, -0.05) is 32.4 Å². The van der Waals surface area contributed by atoms with Crippen LogP contribution in [0.15, 0.2) is 42.5 Å². The first-order valence-electron chi connectivity index (χ1n) is 9.96. The van der Waals surface area contributed by atoms with Gasteiger partial charge >= 0.3 is 0 Å². The van der Waals surface area contributed by atoms with E-state index in [0.29, 0.717) is 42.5 Å². The van der Waals surface area contributed by atoms with Crippen molar-refractivity contribution in [1.82, 2.24) is 4.90 Å². The van der Waals surface area contributed by atoms with Crippen LogP contribution in [-0.4, -0.2) is 47.8 Å². The van der Waals surface area contributed by atoms with Gasteiger partial charge in [-0.2, -0.15) is 0 Å². The van der Waals surface area contributed by atoms with Crippen LogP contribution in [-0.2, 0) is 4.79 Å². The molecule has 0 radical (unpaired) electrons. The van der Waals surface area contributed by atoms with Gasteiger partial charge in [-0.3, -0.25) is 19.7 Å². The number of nitrogens with zero attached hydrogens (tertiary/aromatic N) is 3. The third-order valence-corrected chi connectivity index (χ3v) is 5.40. The predicted molar refractivity (Wildman–Crippen MR) is 121 cm³/mol. The Balaban J connectivity index is 1.63. The van der Waals surface area contributed by atoms with Crippen molar-refractivity contribution in [2.75, 3.05) is 36.4 Å². The van der Waals surface area contributed by atoms with Crippen LogP contribution in [0, 0.1) is 15.5 Å². The lowest BCUT2D eigenvalue weighted by Gasteiger charge is -2.39. The fourth-order valence-electron chi connectivity index (χ4n) is 3.40. The number of hydrogen-bond acceptors (Lipinski definition) is 5. The van der Waals surface area contributed by atoms with Gasteiger partial charge < -0.3 is 15.1 Å². The zero-order valence-electron chi connectivity index (χ0n) is 17.7. The summed E-state index contributed by atoms with van der Waals surface area (Å²) in [6, 6.07) is 10.7. The third kappa shape index (κ3) is 5.32. The topological polar surface area (TPSA) is 95.8 Å². The van der Waals surface area contributed by atoms with Crippen LogP contribution in [0.5, 0.6) is 0 Å². The molecule has 0 unspecified atom stereocenters. The molecule has 1 aliphatic heterocycles. The fraction of sp³-hybridized carbons (Fsp3) is 0.364. The molecule has 2 aromatic rings. The number of rotatable bonds is 4. The van der Waals surface area contributed by atoms with E-state index in [1.165, 1.54) is 24.3 Å². The number of benzene rings is 2. The fourth-order valence-corrected chi connectivity index (χ4v) is 3.70. The first kappa shape index (κ1) is 22.6. The number of halogens is 1. The zero-order chi connectivity index (χ0) is 22.8. The molecule has 0 atom stereocenters. The number of non-ortho nitro benzene ring substituents is 1. The molecule has 164 valence electrons. The number of nitro groups is 1. The number of carbonyl (C=O) groups is 2. The normalized spacial score (nSPS) is 14.3. The highest BCUT2D eigenvalue weighted by atomic mass is 35.5. The van der Waals surface area contributed by atoms with Gasteiger partial charge in [0.2, 0.25) is 5.91 Å². The SMILES string of the molecule is CC(C)(C)C(=O)N1CCN(c2ccc(NC(=O)c3ccc([N+](=O)[O-])cc3)cc2Cl)CC1. The smallest absolute Gasteiger partial charge is 0.269 e. The molecule has 1 saturated heterocycles. The van der Waals surface area contributed by atoms with Crippen molar-refractivity contribution in [3.8, 4) is 0 Å². The molecule has 3 rings (SSSR count). The Morgan fingerprint density at radius 2 is 1.65 bits per heavy atom. The minimum atomic E-state index is -0.515. The van der Waals surface area contributed by atoms with E-state index in [9.17, 15) is 19.7 Å². The van der Waals surface area contributed by atoms with Crippen LogP contribution < -0.4 is 10.2 Å². The van der Waals surface area contributed by atoms with E-state index in [1.54, 1.807) is 12.1 Å². The Labute approximate surface area is 185 Å². The molecule has 1 aliphatic rings. The van der Waals surface area contributed by atoms with Crippen molar-refractivity contribution >= 4 is 40.5 Å². The Hall–Kier alpha value is -3.13. The minimum absolute atomic E-state index is 0.0757. The summed E-state index contributed by atoms with van der Waals surface area (Å²) in [5, 5.41) is 14.0. The monoisotopic (exact) mass is 444 g/mol. The molecule has 1 N–H and O–H groups in total. The number of amides is 2. The molecule has 31 heavy (non-hydrogen) atoms. The Bertz CT molecular complexity index is 994. The molecule has 9 heteroatoms. The zero-order valence-corrected chi connectivity index (χ0v) is 18.5. The number of piperazine rings is 1. The van der Waals surface area contributed by atoms with Crippen molar-refractivity contribution in [3.05, 3.63) is 63.2 Å². The van der Waals surface area contributed by atoms with Gasteiger partial charge in [-0.05, 0) is 30.3 Å². The second-order valence-electron chi connectivity index (χ2n) is 8.45. The largest absolute Gasteiger partial charge is 0.367 e. The van der Waals surface area contributed by atoms with E-state index in [4.69, 9.17) is 11.6 Å². The second kappa shape index (κ2) is 8.93. The summed E-state index contributed by atoms with van der Waals surface area (Å²) in [6.07, 6.45) is 0. The molecule has 2 amide bonds. The van der Waals surface area contributed by atoms with E-state index in [2.05, 4.69) is 10.2 Å². The van der Waals surface area contributed by atoms with E-state index < -0.39 is 10.3 Å². The second-order valence-corrected chi connectivity index (χ2v) is 8.86. The van der Waals surface area contributed by atoms with Gasteiger partial charge in [-0.15, -0.1) is 0 Å². The maximum absolute atomic E-state index is 12.5. The first-order valence-corrected chi connectivity index (χ1v) is 10.3. The molecule has 0 bridgehead atoms. The summed E-state index contributed by atoms with van der Waals surface area (Å²) >= 11 is 6.47. The number of hydrogen-bond donors (Lipinski definition) is 1. The summed E-state index contributed by atoms with van der Waals surface area (Å²) < 4.78 is 0. The molecule has 1 fully saturated rings. The van der Waals surface area contributed by atoms with E-state index in [1.807, 2.05) is 31.7 Å². The van der Waals surface area contributed by atoms with Crippen LogP contribution in [0.2, 0.25) is 5.02 Å². The van der Waals surface area contributed by atoms with Gasteiger partial charge in [0.05, 0.1) is 15.6 Å². The molecule has 0 spiro atoms. The highest BCUT2D eigenvalue weighted by Crippen LogP contribution is 2.30. The molecule has 1 heterocycles. The number of anilines is 2. The maximum atomic E-state index is 12.5. The van der Waals surface area contributed by atoms with Crippen molar-refractivity contribution in [3.63, 3.8) is 0 Å².